The van der Waals surface area contributed by atoms with E-state index in [4.69, 9.17) is 0 Å². The van der Waals surface area contributed by atoms with E-state index in [-0.39, 0.29) is 6.54 Å². The summed E-state index contributed by atoms with van der Waals surface area (Å²) in [5.74, 6) is -0.0716. The number of nitrogens with one attached hydrogen (secondary N) is 1. The van der Waals surface area contributed by atoms with Gasteiger partial charge in [-0.1, -0.05) is 12.1 Å². The van der Waals surface area contributed by atoms with Crippen molar-refractivity contribution in [3.05, 3.63) is 58.7 Å². The highest BCUT2D eigenvalue weighted by atomic mass is 19.4. The number of aromatic nitrogens is 4. The van der Waals surface area contributed by atoms with Crippen LogP contribution >= 0.6 is 0 Å². The van der Waals surface area contributed by atoms with Crippen LogP contribution in [0.3, 0.4) is 0 Å². The lowest BCUT2D eigenvalue weighted by atomic mass is 10.1. The molecule has 3 rings (SSSR count). The van der Waals surface area contributed by atoms with Crippen LogP contribution in [0.2, 0.25) is 0 Å². The van der Waals surface area contributed by atoms with Crippen molar-refractivity contribution in [1.29, 1.82) is 0 Å². The predicted octanol–water partition coefficient (Wildman–Crippen LogP) is 2.69. The molecule has 2 aromatic heterocycles. The van der Waals surface area contributed by atoms with E-state index in [0.717, 1.165) is 23.5 Å². The van der Waals surface area contributed by atoms with E-state index < -0.39 is 23.2 Å². The Morgan fingerprint density at radius 3 is 2.64 bits per heavy atom. The molecular formula is C16H14F3N5O. The van der Waals surface area contributed by atoms with Gasteiger partial charge in [0.1, 0.15) is 0 Å². The van der Waals surface area contributed by atoms with Crippen molar-refractivity contribution < 1.29 is 18.0 Å². The molecule has 1 N–H and O–H groups in total. The molecule has 0 radical (unpaired) electrons. The second-order valence-electron chi connectivity index (χ2n) is 5.52. The largest absolute Gasteiger partial charge is 0.417 e. The molecule has 0 atom stereocenters. The molecule has 0 bridgehead atoms. The van der Waals surface area contributed by atoms with Gasteiger partial charge in [-0.15, -0.1) is 10.2 Å². The molecule has 3 aromatic rings. The lowest BCUT2D eigenvalue weighted by Gasteiger charge is -2.12. The summed E-state index contributed by atoms with van der Waals surface area (Å²) in [4.78, 5) is 16.4. The molecule has 0 aliphatic carbocycles. The Balaban J connectivity index is 1.85. The van der Waals surface area contributed by atoms with Gasteiger partial charge in [-0.2, -0.15) is 13.2 Å². The van der Waals surface area contributed by atoms with Gasteiger partial charge in [-0.05, 0) is 32.0 Å². The number of alkyl halides is 3. The average Bonchev–Trinajstić information content (AvgIpc) is 2.95. The molecular weight excluding hydrogens is 335 g/mol. The van der Waals surface area contributed by atoms with Crippen LogP contribution < -0.4 is 5.32 Å². The topological polar surface area (TPSA) is 72.2 Å². The third kappa shape index (κ3) is 3.30. The molecule has 0 aliphatic heterocycles. The molecule has 130 valence electrons. The highest BCUT2D eigenvalue weighted by Gasteiger charge is 2.34. The number of aryl methyl sites for hydroxylation is 2. The zero-order valence-electron chi connectivity index (χ0n) is 13.4. The smallest absolute Gasteiger partial charge is 0.345 e. The molecule has 0 spiro atoms. The van der Waals surface area contributed by atoms with Crippen molar-refractivity contribution in [2.24, 2.45) is 0 Å². The molecule has 2 heterocycles. The van der Waals surface area contributed by atoms with Gasteiger partial charge in [0.2, 0.25) is 0 Å². The van der Waals surface area contributed by atoms with Crippen molar-refractivity contribution in [1.82, 2.24) is 24.9 Å². The minimum Gasteiger partial charge on any atom is -0.345 e. The second-order valence-corrected chi connectivity index (χ2v) is 5.52. The van der Waals surface area contributed by atoms with Crippen LogP contribution in [-0.4, -0.2) is 25.5 Å². The first-order chi connectivity index (χ1) is 11.8. The molecule has 0 aliphatic rings. The summed E-state index contributed by atoms with van der Waals surface area (Å²) in [5.41, 5.74) is 0.168. The van der Waals surface area contributed by atoms with Crippen LogP contribution in [0.1, 0.15) is 33.1 Å². The summed E-state index contributed by atoms with van der Waals surface area (Å²) in [7, 11) is 0. The number of rotatable bonds is 3. The molecule has 0 unspecified atom stereocenters. The summed E-state index contributed by atoms with van der Waals surface area (Å²) in [6, 6.07) is 6.45. The molecule has 25 heavy (non-hydrogen) atoms. The van der Waals surface area contributed by atoms with Gasteiger partial charge in [-0.25, -0.2) is 4.98 Å². The number of hydrogen-bond donors (Lipinski definition) is 1. The predicted molar refractivity (Wildman–Crippen MR) is 82.9 cm³/mol. The zero-order chi connectivity index (χ0) is 18.2. The Kier molecular flexibility index (Phi) is 4.15. The van der Waals surface area contributed by atoms with Crippen molar-refractivity contribution in [2.75, 3.05) is 0 Å². The molecule has 1 amide bonds. The van der Waals surface area contributed by atoms with Gasteiger partial charge in [0.05, 0.1) is 17.7 Å². The van der Waals surface area contributed by atoms with Gasteiger partial charge >= 0.3 is 6.18 Å². The summed E-state index contributed by atoms with van der Waals surface area (Å²) >= 11 is 0. The summed E-state index contributed by atoms with van der Waals surface area (Å²) in [5, 5.41) is 10.3. The van der Waals surface area contributed by atoms with Crippen LogP contribution in [0.5, 0.6) is 0 Å². The van der Waals surface area contributed by atoms with Crippen molar-refractivity contribution in [2.45, 2.75) is 26.6 Å². The average molecular weight is 349 g/mol. The summed E-state index contributed by atoms with van der Waals surface area (Å²) in [6.07, 6.45) is -4.60. The molecule has 9 heteroatoms. The van der Waals surface area contributed by atoms with Gasteiger partial charge in [0.15, 0.2) is 5.82 Å². The van der Waals surface area contributed by atoms with E-state index in [0.29, 0.717) is 11.6 Å². The Labute approximate surface area is 140 Å². The molecule has 0 fully saturated rings. The Hall–Kier alpha value is -2.97. The first-order valence-corrected chi connectivity index (χ1v) is 7.40. The van der Waals surface area contributed by atoms with Crippen LogP contribution in [0.15, 0.2) is 30.3 Å². The summed E-state index contributed by atoms with van der Waals surface area (Å²) in [6.45, 7) is 3.57. The maximum absolute atomic E-state index is 13.0. The van der Waals surface area contributed by atoms with Crippen LogP contribution in [0.25, 0.3) is 5.78 Å². The van der Waals surface area contributed by atoms with Gasteiger partial charge < -0.3 is 5.32 Å². The SMILES string of the molecule is Cc1cc(C)n2c(CNC(=O)c3ccccc3C(F)(F)F)nnc2n1. The van der Waals surface area contributed by atoms with Crippen molar-refractivity contribution >= 4 is 11.7 Å². The Morgan fingerprint density at radius 2 is 1.92 bits per heavy atom. The minimum absolute atomic E-state index is 0.0717. The third-order valence-corrected chi connectivity index (χ3v) is 3.64. The number of fused-ring (bicyclic) bond motifs is 1. The lowest BCUT2D eigenvalue weighted by Crippen LogP contribution is -2.27. The molecule has 0 saturated heterocycles. The monoisotopic (exact) mass is 349 g/mol. The normalized spacial score (nSPS) is 11.7. The number of nitrogens with zero attached hydrogens (tertiary/aromatic N) is 4. The van der Waals surface area contributed by atoms with Gasteiger partial charge in [-0.3, -0.25) is 9.20 Å². The van der Waals surface area contributed by atoms with E-state index in [2.05, 4.69) is 20.5 Å². The highest BCUT2D eigenvalue weighted by molar-refractivity contribution is 5.95. The molecule has 6 nitrogen and oxygen atoms in total. The first-order valence-electron chi connectivity index (χ1n) is 7.40. The number of halogens is 3. The second kappa shape index (κ2) is 6.15. The van der Waals surface area contributed by atoms with Crippen LogP contribution in [0, 0.1) is 13.8 Å². The molecule has 1 aromatic carbocycles. The maximum Gasteiger partial charge on any atom is 0.417 e. The van der Waals surface area contributed by atoms with E-state index in [1.54, 1.807) is 4.40 Å². The Morgan fingerprint density at radius 1 is 1.20 bits per heavy atom. The first kappa shape index (κ1) is 16.9. The van der Waals surface area contributed by atoms with Gasteiger partial charge in [0, 0.05) is 11.4 Å². The Bertz CT molecular complexity index is 949. The zero-order valence-corrected chi connectivity index (χ0v) is 13.4. The fraction of sp³-hybridized carbons (Fsp3) is 0.250. The van der Waals surface area contributed by atoms with Crippen molar-refractivity contribution in [3.8, 4) is 0 Å². The van der Waals surface area contributed by atoms with Crippen LogP contribution in [0.4, 0.5) is 13.2 Å². The van der Waals surface area contributed by atoms with E-state index in [1.807, 2.05) is 19.9 Å². The third-order valence-electron chi connectivity index (χ3n) is 3.64. The molecule has 0 saturated carbocycles. The van der Waals surface area contributed by atoms with Crippen LogP contribution in [-0.2, 0) is 12.7 Å². The van der Waals surface area contributed by atoms with E-state index in [9.17, 15) is 18.0 Å². The summed E-state index contributed by atoms with van der Waals surface area (Å²) < 4.78 is 40.7. The van der Waals surface area contributed by atoms with Crippen molar-refractivity contribution in [3.63, 3.8) is 0 Å². The fourth-order valence-electron chi connectivity index (χ4n) is 2.60. The standard InChI is InChI=1S/C16H14F3N5O/c1-9-7-10(2)24-13(22-23-15(24)21-9)8-20-14(25)11-5-3-4-6-12(11)16(17,18)19/h3-7H,8H2,1-2H3,(H,20,25). The number of hydrogen-bond acceptors (Lipinski definition) is 4. The number of carbonyl (C=O) groups is 1. The minimum atomic E-state index is -4.60. The van der Waals surface area contributed by atoms with Gasteiger partial charge in [0.25, 0.3) is 11.7 Å². The van der Waals surface area contributed by atoms with E-state index in [1.165, 1.54) is 12.1 Å². The fourth-order valence-corrected chi connectivity index (χ4v) is 2.60. The maximum atomic E-state index is 13.0. The lowest BCUT2D eigenvalue weighted by molar-refractivity contribution is -0.137. The highest BCUT2D eigenvalue weighted by Crippen LogP contribution is 2.31. The quantitative estimate of drug-likeness (QED) is 0.789. The van der Waals surface area contributed by atoms with E-state index >= 15 is 0 Å². The number of carbonyl (C=O) groups excluding carboxylic acids is 1. The number of amides is 1. The number of benzene rings is 1.